The Bertz CT molecular complexity index is 817. The molecule has 0 atom stereocenters. The number of pyridine rings is 1. The summed E-state index contributed by atoms with van der Waals surface area (Å²) >= 11 is 1.65. The van der Waals surface area contributed by atoms with Gasteiger partial charge in [-0.1, -0.05) is 13.0 Å². The third kappa shape index (κ3) is 2.23. The van der Waals surface area contributed by atoms with Crippen molar-refractivity contribution in [2.45, 2.75) is 13.3 Å². The molecule has 3 rings (SSSR count). The van der Waals surface area contributed by atoms with Crippen LogP contribution in [-0.4, -0.2) is 22.9 Å². The van der Waals surface area contributed by atoms with E-state index in [0.29, 0.717) is 11.6 Å². The van der Waals surface area contributed by atoms with Crippen molar-refractivity contribution >= 4 is 27.8 Å². The van der Waals surface area contributed by atoms with Gasteiger partial charge in [-0.25, -0.2) is 4.98 Å². The molecule has 0 aromatic carbocycles. The van der Waals surface area contributed by atoms with Crippen molar-refractivity contribution in [3.63, 3.8) is 0 Å². The van der Waals surface area contributed by atoms with E-state index in [-0.39, 0.29) is 0 Å². The number of ether oxygens (including phenoxy) is 1. The van der Waals surface area contributed by atoms with Crippen LogP contribution in [0.3, 0.4) is 0 Å². The summed E-state index contributed by atoms with van der Waals surface area (Å²) in [6.07, 6.45) is 1.80. The summed E-state index contributed by atoms with van der Waals surface area (Å²) in [5, 5.41) is 1.08. The lowest BCUT2D eigenvalue weighted by molar-refractivity contribution is 0.111. The fourth-order valence-corrected chi connectivity index (χ4v) is 3.59. The lowest BCUT2D eigenvalue weighted by Crippen LogP contribution is -1.94. The maximum absolute atomic E-state index is 11.0. The Morgan fingerprint density at radius 3 is 2.81 bits per heavy atom. The Balaban J connectivity index is 2.18. The molecule has 3 aromatic heterocycles. The van der Waals surface area contributed by atoms with Crippen molar-refractivity contribution in [2.24, 2.45) is 7.05 Å². The van der Waals surface area contributed by atoms with Crippen molar-refractivity contribution in [1.29, 1.82) is 0 Å². The summed E-state index contributed by atoms with van der Waals surface area (Å²) in [6.45, 7) is 2.12. The van der Waals surface area contributed by atoms with E-state index in [4.69, 9.17) is 4.74 Å². The molecule has 0 aliphatic carbocycles. The van der Waals surface area contributed by atoms with Gasteiger partial charge in [0, 0.05) is 18.5 Å². The van der Waals surface area contributed by atoms with Crippen LogP contribution in [0.2, 0.25) is 0 Å². The Labute approximate surface area is 127 Å². The molecule has 0 saturated carbocycles. The summed E-state index contributed by atoms with van der Waals surface area (Å²) < 4.78 is 7.15. The van der Waals surface area contributed by atoms with Crippen LogP contribution in [0.1, 0.15) is 23.0 Å². The highest BCUT2D eigenvalue weighted by atomic mass is 32.1. The first-order chi connectivity index (χ1) is 10.2. The minimum Gasteiger partial charge on any atom is -0.481 e. The van der Waals surface area contributed by atoms with Crippen molar-refractivity contribution in [1.82, 2.24) is 9.55 Å². The normalized spacial score (nSPS) is 11.0. The molecule has 4 nitrogen and oxygen atoms in total. The number of carbonyl (C=O) groups excluding carboxylic acids is 1. The predicted octanol–water partition coefficient (Wildman–Crippen LogP) is 3.69. The van der Waals surface area contributed by atoms with Gasteiger partial charge in [0.25, 0.3) is 0 Å². The first-order valence-electron chi connectivity index (χ1n) is 6.76. The number of carbonyl (C=O) groups is 1. The average molecular weight is 300 g/mol. The average Bonchev–Trinajstić information content (AvgIpc) is 3.06. The molecule has 0 bridgehead atoms. The lowest BCUT2D eigenvalue weighted by Gasteiger charge is -2.07. The smallest absolute Gasteiger partial charge is 0.213 e. The fraction of sp³-hybridized carbons (Fsp3) is 0.250. The Kier molecular flexibility index (Phi) is 3.51. The number of aldehydes is 1. The first kappa shape index (κ1) is 13.8. The maximum atomic E-state index is 11.0. The van der Waals surface area contributed by atoms with Gasteiger partial charge in [0.1, 0.15) is 4.83 Å². The van der Waals surface area contributed by atoms with Crippen LogP contribution in [0.5, 0.6) is 5.88 Å². The van der Waals surface area contributed by atoms with Gasteiger partial charge in [-0.3, -0.25) is 4.79 Å². The molecule has 0 radical (unpaired) electrons. The monoisotopic (exact) mass is 300 g/mol. The summed E-state index contributed by atoms with van der Waals surface area (Å²) in [7, 11) is 3.53. The van der Waals surface area contributed by atoms with E-state index in [0.717, 1.165) is 33.5 Å². The summed E-state index contributed by atoms with van der Waals surface area (Å²) in [6, 6.07) is 7.95. The van der Waals surface area contributed by atoms with Crippen molar-refractivity contribution in [3.8, 4) is 16.5 Å². The van der Waals surface area contributed by atoms with Crippen LogP contribution < -0.4 is 4.74 Å². The van der Waals surface area contributed by atoms with E-state index >= 15 is 0 Å². The van der Waals surface area contributed by atoms with E-state index in [1.54, 1.807) is 18.4 Å². The van der Waals surface area contributed by atoms with Crippen molar-refractivity contribution in [3.05, 3.63) is 35.5 Å². The zero-order valence-electron chi connectivity index (χ0n) is 12.2. The molecule has 0 fully saturated rings. The number of nitrogens with zero attached hydrogens (tertiary/aromatic N) is 2. The van der Waals surface area contributed by atoms with Gasteiger partial charge >= 0.3 is 0 Å². The zero-order chi connectivity index (χ0) is 15.0. The minimum atomic E-state index is 0.619. The Hall–Kier alpha value is -2.14. The summed E-state index contributed by atoms with van der Waals surface area (Å²) in [5.74, 6) is 0.619. The van der Waals surface area contributed by atoms with Crippen LogP contribution in [0, 0.1) is 0 Å². The largest absolute Gasteiger partial charge is 0.481 e. The molecule has 0 spiro atoms. The summed E-state index contributed by atoms with van der Waals surface area (Å²) in [4.78, 5) is 17.8. The molecule has 3 heterocycles. The number of aryl methyl sites for hydroxylation is 2. The van der Waals surface area contributed by atoms with E-state index < -0.39 is 0 Å². The molecule has 5 heteroatoms. The quantitative estimate of drug-likeness (QED) is 0.690. The van der Waals surface area contributed by atoms with Crippen LogP contribution in [0.25, 0.3) is 20.8 Å². The van der Waals surface area contributed by atoms with Gasteiger partial charge in [-0.2, -0.15) is 0 Å². The number of aromatic nitrogens is 2. The number of fused-ring (bicyclic) bond motifs is 1. The van der Waals surface area contributed by atoms with Gasteiger partial charge in [-0.05, 0) is 24.1 Å². The molecule has 3 aromatic rings. The van der Waals surface area contributed by atoms with Crippen LogP contribution >= 0.6 is 11.3 Å². The highest BCUT2D eigenvalue weighted by Crippen LogP contribution is 2.36. The number of rotatable bonds is 4. The second kappa shape index (κ2) is 5.33. The second-order valence-electron chi connectivity index (χ2n) is 4.83. The number of hydrogen-bond donors (Lipinski definition) is 0. The number of methoxy groups -OCH3 is 1. The third-order valence-electron chi connectivity index (χ3n) is 3.63. The summed E-state index contributed by atoms with van der Waals surface area (Å²) in [5.41, 5.74) is 2.85. The zero-order valence-corrected chi connectivity index (χ0v) is 13.0. The van der Waals surface area contributed by atoms with E-state index in [1.807, 2.05) is 23.7 Å². The number of thiophene rings is 1. The van der Waals surface area contributed by atoms with Gasteiger partial charge in [0.15, 0.2) is 6.29 Å². The molecule has 0 N–H and O–H groups in total. The standard InChI is InChI=1S/C16H16N2O2S/c1-4-10-5-6-14(20-3)17-15(10)13-8-11-7-12(9-19)18(2)16(11)21-13/h5-9H,4H2,1-3H3. The second-order valence-corrected chi connectivity index (χ2v) is 5.86. The molecule has 0 aliphatic rings. The van der Waals surface area contributed by atoms with Crippen LogP contribution in [-0.2, 0) is 13.5 Å². The molecule has 0 aliphatic heterocycles. The Morgan fingerprint density at radius 2 is 2.19 bits per heavy atom. The highest BCUT2D eigenvalue weighted by molar-refractivity contribution is 7.21. The van der Waals surface area contributed by atoms with Crippen LogP contribution in [0.4, 0.5) is 0 Å². The lowest BCUT2D eigenvalue weighted by atomic mass is 10.1. The maximum Gasteiger partial charge on any atom is 0.213 e. The molecule has 108 valence electrons. The van der Waals surface area contributed by atoms with Crippen molar-refractivity contribution < 1.29 is 9.53 Å². The van der Waals surface area contributed by atoms with Crippen molar-refractivity contribution in [2.75, 3.05) is 7.11 Å². The van der Waals surface area contributed by atoms with Crippen LogP contribution in [0.15, 0.2) is 24.3 Å². The van der Waals surface area contributed by atoms with E-state index in [2.05, 4.69) is 24.0 Å². The topological polar surface area (TPSA) is 44.1 Å². The molecule has 21 heavy (non-hydrogen) atoms. The molecular weight excluding hydrogens is 284 g/mol. The van der Waals surface area contributed by atoms with Gasteiger partial charge in [0.05, 0.1) is 23.4 Å². The Morgan fingerprint density at radius 1 is 1.38 bits per heavy atom. The third-order valence-corrected chi connectivity index (χ3v) is 4.87. The van der Waals surface area contributed by atoms with E-state index in [1.165, 1.54) is 5.56 Å². The highest BCUT2D eigenvalue weighted by Gasteiger charge is 2.14. The first-order valence-corrected chi connectivity index (χ1v) is 7.58. The molecule has 0 saturated heterocycles. The fourth-order valence-electron chi connectivity index (χ4n) is 2.45. The molecule has 0 unspecified atom stereocenters. The van der Waals surface area contributed by atoms with Gasteiger partial charge < -0.3 is 9.30 Å². The SMILES string of the molecule is CCc1ccc(OC)nc1-c1cc2cc(C=O)n(C)c2s1. The molecular formula is C16H16N2O2S. The molecule has 0 amide bonds. The predicted molar refractivity (Wildman–Crippen MR) is 85.3 cm³/mol. The van der Waals surface area contributed by atoms with Gasteiger partial charge in [0.2, 0.25) is 5.88 Å². The number of hydrogen-bond acceptors (Lipinski definition) is 4. The minimum absolute atomic E-state index is 0.619. The van der Waals surface area contributed by atoms with Gasteiger partial charge in [-0.15, -0.1) is 11.3 Å². The van der Waals surface area contributed by atoms with E-state index in [9.17, 15) is 4.79 Å².